The van der Waals surface area contributed by atoms with Crippen LogP contribution in [0.25, 0.3) is 66.9 Å². The summed E-state index contributed by atoms with van der Waals surface area (Å²) in [5, 5.41) is 9.37. The van der Waals surface area contributed by atoms with Crippen molar-refractivity contribution in [2.24, 2.45) is 0 Å². The van der Waals surface area contributed by atoms with Gasteiger partial charge in [0.25, 0.3) is 0 Å². The maximum absolute atomic E-state index is 5.37. The van der Waals surface area contributed by atoms with Gasteiger partial charge < -0.3 is 0 Å². The Morgan fingerprint density at radius 3 is 1.26 bits per heavy atom. The summed E-state index contributed by atoms with van der Waals surface area (Å²) in [5.41, 5.74) is 4.83. The molecule has 11 rings (SSSR count). The largest absolute Gasteiger partial charge is 0.278 e. The lowest BCUT2D eigenvalue weighted by atomic mass is 10.2. The first-order chi connectivity index (χ1) is 28.3. The van der Waals surface area contributed by atoms with Gasteiger partial charge in [0, 0.05) is 51.9 Å². The standard InChI is InChI=1S/C49H33N7Si/c1-4-16-35(17-5-1)57(36-18-6-2-7-19-36,37-20-8-3-9-21-37)38-22-14-15-34(31-38)47-52-48(55-43-25-12-10-23-39(43)41-32-50-29-27-45(41)55)54-49(53-47)56-44-26-13-11-24-40(44)42-33-51-30-28-46(42)56/h1-33H. The molecule has 0 atom stereocenters. The van der Waals surface area contributed by atoms with Crippen LogP contribution >= 0.6 is 0 Å². The summed E-state index contributed by atoms with van der Waals surface area (Å²) in [6.45, 7) is 0. The van der Waals surface area contributed by atoms with Crippen molar-refractivity contribution in [1.29, 1.82) is 0 Å². The predicted molar refractivity (Wildman–Crippen MR) is 233 cm³/mol. The fourth-order valence-electron chi connectivity index (χ4n) is 8.70. The second kappa shape index (κ2) is 13.3. The van der Waals surface area contributed by atoms with Gasteiger partial charge in [0.2, 0.25) is 11.9 Å². The van der Waals surface area contributed by atoms with E-state index in [1.807, 2.05) is 36.9 Å². The highest BCUT2D eigenvalue weighted by molar-refractivity contribution is 7.19. The highest BCUT2D eigenvalue weighted by Crippen LogP contribution is 2.33. The molecule has 6 aromatic carbocycles. The van der Waals surface area contributed by atoms with E-state index < -0.39 is 8.07 Å². The smallest absolute Gasteiger partial charge is 0.240 e. The number of nitrogens with zero attached hydrogens (tertiary/aromatic N) is 7. The summed E-state index contributed by atoms with van der Waals surface area (Å²) in [5.74, 6) is 1.62. The minimum absolute atomic E-state index is 0.524. The SMILES string of the molecule is c1ccc([Si](c2ccccc2)(c2ccccc2)c2cccc(-c3nc(-n4c5ccccc5c5cnccc54)nc(-n4c5ccccc5c5cnccc54)n3)c2)cc1. The number of benzene rings is 6. The Morgan fingerprint density at radius 1 is 0.351 bits per heavy atom. The van der Waals surface area contributed by atoms with Crippen LogP contribution in [0, 0.1) is 0 Å². The monoisotopic (exact) mass is 747 g/mol. The van der Waals surface area contributed by atoms with E-state index >= 15 is 0 Å². The molecule has 7 nitrogen and oxygen atoms in total. The molecule has 0 fully saturated rings. The van der Waals surface area contributed by atoms with Crippen LogP contribution in [0.2, 0.25) is 0 Å². The number of aromatic nitrogens is 7. The van der Waals surface area contributed by atoms with Crippen LogP contribution in [-0.2, 0) is 0 Å². The van der Waals surface area contributed by atoms with Crippen LogP contribution in [0.5, 0.6) is 0 Å². The average molecular weight is 748 g/mol. The number of rotatable bonds is 7. The Kier molecular flexibility index (Phi) is 7.68. The molecule has 0 unspecified atom stereocenters. The van der Waals surface area contributed by atoms with Crippen LogP contribution in [0.4, 0.5) is 0 Å². The molecule has 0 aliphatic rings. The van der Waals surface area contributed by atoms with E-state index in [9.17, 15) is 0 Å². The van der Waals surface area contributed by atoms with E-state index in [0.717, 1.165) is 49.2 Å². The van der Waals surface area contributed by atoms with Gasteiger partial charge in [-0.3, -0.25) is 19.1 Å². The van der Waals surface area contributed by atoms with Crippen molar-refractivity contribution in [2.75, 3.05) is 0 Å². The molecule has 5 aromatic heterocycles. The first-order valence-electron chi connectivity index (χ1n) is 19.0. The molecule has 0 bridgehead atoms. The zero-order valence-corrected chi connectivity index (χ0v) is 31.7. The van der Waals surface area contributed by atoms with Crippen LogP contribution in [0.3, 0.4) is 0 Å². The van der Waals surface area contributed by atoms with Gasteiger partial charge in [0.1, 0.15) is 0 Å². The van der Waals surface area contributed by atoms with E-state index in [1.165, 1.54) is 20.7 Å². The van der Waals surface area contributed by atoms with Gasteiger partial charge in [0.05, 0.1) is 22.1 Å². The molecule has 0 saturated heterocycles. The molecule has 8 heteroatoms. The van der Waals surface area contributed by atoms with Gasteiger partial charge in [0.15, 0.2) is 13.9 Å². The van der Waals surface area contributed by atoms with Crippen LogP contribution in [0.1, 0.15) is 0 Å². The van der Waals surface area contributed by atoms with Crippen molar-refractivity contribution in [2.45, 2.75) is 0 Å². The molecule has 0 aliphatic carbocycles. The van der Waals surface area contributed by atoms with E-state index in [4.69, 9.17) is 15.0 Å². The number of hydrogen-bond acceptors (Lipinski definition) is 5. The number of fused-ring (bicyclic) bond motifs is 6. The second-order valence-electron chi connectivity index (χ2n) is 14.2. The Hall–Kier alpha value is -7.55. The normalized spacial score (nSPS) is 11.9. The Bertz CT molecular complexity index is 2920. The van der Waals surface area contributed by atoms with Gasteiger partial charge in [-0.05, 0) is 45.0 Å². The highest BCUT2D eigenvalue weighted by Gasteiger charge is 2.41. The first-order valence-corrected chi connectivity index (χ1v) is 21.0. The van der Waals surface area contributed by atoms with Crippen molar-refractivity contribution in [3.63, 3.8) is 0 Å². The van der Waals surface area contributed by atoms with Crippen LogP contribution in [-0.4, -0.2) is 42.1 Å². The Morgan fingerprint density at radius 2 is 0.772 bits per heavy atom. The maximum atomic E-state index is 5.37. The zero-order chi connectivity index (χ0) is 37.8. The maximum Gasteiger partial charge on any atom is 0.240 e. The van der Waals surface area contributed by atoms with Crippen molar-refractivity contribution >= 4 is 72.4 Å². The van der Waals surface area contributed by atoms with Crippen molar-refractivity contribution in [1.82, 2.24) is 34.1 Å². The predicted octanol–water partition coefficient (Wildman–Crippen LogP) is 7.90. The minimum atomic E-state index is -2.84. The molecule has 0 saturated carbocycles. The minimum Gasteiger partial charge on any atom is -0.278 e. The Labute approximate surface area is 329 Å². The molecule has 0 aliphatic heterocycles. The van der Waals surface area contributed by atoms with Gasteiger partial charge >= 0.3 is 0 Å². The first kappa shape index (κ1) is 32.8. The van der Waals surface area contributed by atoms with E-state index in [2.05, 4.69) is 183 Å². The molecule has 0 amide bonds. The molecule has 57 heavy (non-hydrogen) atoms. The van der Waals surface area contributed by atoms with E-state index in [0.29, 0.717) is 17.7 Å². The third-order valence-corrected chi connectivity index (χ3v) is 15.9. The molecule has 268 valence electrons. The van der Waals surface area contributed by atoms with Gasteiger partial charge in [-0.1, -0.05) is 152 Å². The molecule has 0 radical (unpaired) electrons. The average Bonchev–Trinajstić information content (AvgIpc) is 3.81. The third kappa shape index (κ3) is 5.15. The summed E-state index contributed by atoms with van der Waals surface area (Å²) in [7, 11) is -2.84. The zero-order valence-electron chi connectivity index (χ0n) is 30.7. The molecule has 11 aromatic rings. The number of para-hydroxylation sites is 2. The molecule has 0 N–H and O–H groups in total. The lowest BCUT2D eigenvalue weighted by molar-refractivity contribution is 0.892. The summed E-state index contributed by atoms with van der Waals surface area (Å²) in [6.07, 6.45) is 7.49. The summed E-state index contributed by atoms with van der Waals surface area (Å²) in [4.78, 5) is 25.1. The quantitative estimate of drug-likeness (QED) is 0.123. The van der Waals surface area contributed by atoms with E-state index in [-0.39, 0.29) is 0 Å². The summed E-state index contributed by atoms with van der Waals surface area (Å²) in [6, 6.07) is 62.6. The topological polar surface area (TPSA) is 74.3 Å². The number of hydrogen-bond donors (Lipinski definition) is 0. The number of pyridine rings is 2. The molecular weight excluding hydrogens is 715 g/mol. The lowest BCUT2D eigenvalue weighted by Crippen LogP contribution is -2.74. The van der Waals surface area contributed by atoms with Gasteiger partial charge in [-0.15, -0.1) is 0 Å². The molecule has 0 spiro atoms. The molecular formula is C49H33N7Si. The van der Waals surface area contributed by atoms with Crippen LogP contribution in [0.15, 0.2) is 201 Å². The fraction of sp³-hybridized carbons (Fsp3) is 0. The van der Waals surface area contributed by atoms with Crippen LogP contribution < -0.4 is 20.7 Å². The van der Waals surface area contributed by atoms with E-state index in [1.54, 1.807) is 0 Å². The molecule has 5 heterocycles. The lowest BCUT2D eigenvalue weighted by Gasteiger charge is -2.34. The van der Waals surface area contributed by atoms with Gasteiger partial charge in [-0.2, -0.15) is 15.0 Å². The van der Waals surface area contributed by atoms with Gasteiger partial charge in [-0.25, -0.2) is 0 Å². The second-order valence-corrected chi connectivity index (χ2v) is 18.0. The summed E-state index contributed by atoms with van der Waals surface area (Å²) < 4.78 is 4.27. The summed E-state index contributed by atoms with van der Waals surface area (Å²) >= 11 is 0. The fourth-order valence-corrected chi connectivity index (χ4v) is 13.5. The third-order valence-electron chi connectivity index (χ3n) is 11.1. The van der Waals surface area contributed by atoms with Crippen molar-refractivity contribution < 1.29 is 0 Å². The highest BCUT2D eigenvalue weighted by atomic mass is 28.3. The van der Waals surface area contributed by atoms with Crippen molar-refractivity contribution in [3.8, 4) is 23.3 Å². The van der Waals surface area contributed by atoms with Crippen molar-refractivity contribution in [3.05, 3.63) is 201 Å². The Balaban J connectivity index is 1.22.